The lowest BCUT2D eigenvalue weighted by atomic mass is 10.2. The molecule has 0 amide bonds. The molecule has 1 atom stereocenters. The predicted octanol–water partition coefficient (Wildman–Crippen LogP) is 3.65. The van der Waals surface area contributed by atoms with Gasteiger partial charge in [0.1, 0.15) is 5.75 Å². The fraction of sp³-hybridized carbons (Fsp3) is 0.467. The largest absolute Gasteiger partial charge is 0.494 e. The second-order valence-corrected chi connectivity index (χ2v) is 4.22. The first-order valence-electron chi connectivity index (χ1n) is 6.31. The summed E-state index contributed by atoms with van der Waals surface area (Å²) in [4.78, 5) is 0. The molecule has 2 nitrogen and oxygen atoms in total. The van der Waals surface area contributed by atoms with Crippen LogP contribution in [0, 0.1) is 0 Å². The van der Waals surface area contributed by atoms with Crippen molar-refractivity contribution in [1.29, 1.82) is 0 Å². The highest BCUT2D eigenvalue weighted by molar-refractivity contribution is 5.50. The Morgan fingerprint density at radius 2 is 1.94 bits per heavy atom. The summed E-state index contributed by atoms with van der Waals surface area (Å²) < 4.78 is 5.62. The number of aliphatic hydroxyl groups is 1. The Morgan fingerprint density at radius 1 is 1.24 bits per heavy atom. The maximum atomic E-state index is 9.12. The van der Waals surface area contributed by atoms with E-state index in [4.69, 9.17) is 9.84 Å². The third kappa shape index (κ3) is 6.12. The summed E-state index contributed by atoms with van der Waals surface area (Å²) in [5, 5.41) is 9.12. The molecule has 0 radical (unpaired) electrons. The topological polar surface area (TPSA) is 29.5 Å². The molecule has 0 spiro atoms. The van der Waals surface area contributed by atoms with Crippen LogP contribution in [-0.2, 0) is 0 Å². The van der Waals surface area contributed by atoms with Crippen LogP contribution < -0.4 is 4.74 Å². The smallest absolute Gasteiger partial charge is 0.119 e. The van der Waals surface area contributed by atoms with Gasteiger partial charge in [-0.25, -0.2) is 0 Å². The predicted molar refractivity (Wildman–Crippen MR) is 72.2 cm³/mol. The lowest BCUT2D eigenvalue weighted by Gasteiger charge is -2.05. The number of ether oxygens (including phenoxy) is 1. The second kappa shape index (κ2) is 7.91. The fourth-order valence-corrected chi connectivity index (χ4v) is 1.47. The molecule has 0 aromatic heterocycles. The number of unbranched alkanes of at least 4 members (excludes halogenated alkanes) is 2. The standard InChI is InChI=1S/C15H22O2/c1-3-4-5-12-17-15-10-8-14(9-11-15)7-6-13(2)16/h6-11,13,16H,3-5,12H2,1-2H3/b7-6+. The van der Waals surface area contributed by atoms with Crippen molar-refractivity contribution < 1.29 is 9.84 Å². The molecule has 0 bridgehead atoms. The van der Waals surface area contributed by atoms with E-state index in [-0.39, 0.29) is 0 Å². The van der Waals surface area contributed by atoms with Crippen molar-refractivity contribution in [2.24, 2.45) is 0 Å². The van der Waals surface area contributed by atoms with Crippen molar-refractivity contribution in [3.05, 3.63) is 35.9 Å². The minimum Gasteiger partial charge on any atom is -0.494 e. The average Bonchev–Trinajstić information content (AvgIpc) is 2.33. The highest BCUT2D eigenvalue weighted by atomic mass is 16.5. The Labute approximate surface area is 104 Å². The zero-order valence-corrected chi connectivity index (χ0v) is 10.7. The first kappa shape index (κ1) is 13.8. The summed E-state index contributed by atoms with van der Waals surface area (Å²) in [6.07, 6.45) is 6.81. The van der Waals surface area contributed by atoms with Gasteiger partial charge in [-0.05, 0) is 31.0 Å². The summed E-state index contributed by atoms with van der Waals surface area (Å²) >= 11 is 0. The molecule has 94 valence electrons. The van der Waals surface area contributed by atoms with Gasteiger partial charge in [-0.15, -0.1) is 0 Å². The molecular weight excluding hydrogens is 212 g/mol. The van der Waals surface area contributed by atoms with E-state index < -0.39 is 6.10 Å². The van der Waals surface area contributed by atoms with Gasteiger partial charge in [0.2, 0.25) is 0 Å². The lowest BCUT2D eigenvalue weighted by Crippen LogP contribution is -1.96. The molecule has 0 aliphatic carbocycles. The molecule has 0 fully saturated rings. The Balaban J connectivity index is 2.39. The van der Waals surface area contributed by atoms with E-state index in [1.54, 1.807) is 13.0 Å². The Bertz CT molecular complexity index is 325. The maximum absolute atomic E-state index is 9.12. The minimum atomic E-state index is -0.403. The Hall–Kier alpha value is -1.28. The van der Waals surface area contributed by atoms with Crippen LogP contribution in [0.3, 0.4) is 0 Å². The van der Waals surface area contributed by atoms with E-state index in [0.29, 0.717) is 0 Å². The van der Waals surface area contributed by atoms with Gasteiger partial charge in [-0.2, -0.15) is 0 Å². The van der Waals surface area contributed by atoms with Crippen molar-refractivity contribution in [2.45, 2.75) is 39.2 Å². The number of hydrogen-bond donors (Lipinski definition) is 1. The Morgan fingerprint density at radius 3 is 2.53 bits per heavy atom. The fourth-order valence-electron chi connectivity index (χ4n) is 1.47. The van der Waals surface area contributed by atoms with Crippen molar-refractivity contribution in [3.63, 3.8) is 0 Å². The van der Waals surface area contributed by atoms with Gasteiger partial charge in [0, 0.05) is 0 Å². The summed E-state index contributed by atoms with van der Waals surface area (Å²) in [6.45, 7) is 4.71. The molecule has 1 rings (SSSR count). The van der Waals surface area contributed by atoms with Gasteiger partial charge < -0.3 is 9.84 Å². The van der Waals surface area contributed by atoms with Crippen molar-refractivity contribution in [2.75, 3.05) is 6.61 Å². The van der Waals surface area contributed by atoms with Crippen LogP contribution in [0.4, 0.5) is 0 Å². The monoisotopic (exact) mass is 234 g/mol. The molecule has 0 heterocycles. The molecule has 1 unspecified atom stereocenters. The molecule has 0 saturated carbocycles. The van der Waals surface area contributed by atoms with Gasteiger partial charge in [0.25, 0.3) is 0 Å². The van der Waals surface area contributed by atoms with E-state index in [0.717, 1.165) is 24.3 Å². The lowest BCUT2D eigenvalue weighted by molar-refractivity contribution is 0.245. The summed E-state index contributed by atoms with van der Waals surface area (Å²) in [5.41, 5.74) is 1.08. The molecule has 1 N–H and O–H groups in total. The van der Waals surface area contributed by atoms with Crippen LogP contribution >= 0.6 is 0 Å². The highest BCUT2D eigenvalue weighted by Crippen LogP contribution is 2.14. The summed E-state index contributed by atoms with van der Waals surface area (Å²) in [7, 11) is 0. The molecule has 0 aliphatic rings. The van der Waals surface area contributed by atoms with Gasteiger partial charge in [0.05, 0.1) is 12.7 Å². The van der Waals surface area contributed by atoms with Crippen LogP contribution in [0.25, 0.3) is 6.08 Å². The van der Waals surface area contributed by atoms with Crippen LogP contribution in [0.1, 0.15) is 38.7 Å². The van der Waals surface area contributed by atoms with Crippen molar-refractivity contribution in [3.8, 4) is 5.75 Å². The van der Waals surface area contributed by atoms with Crippen LogP contribution in [0.15, 0.2) is 30.3 Å². The summed E-state index contributed by atoms with van der Waals surface area (Å²) in [6, 6.07) is 7.92. The van der Waals surface area contributed by atoms with Crippen LogP contribution in [0.5, 0.6) is 5.75 Å². The van der Waals surface area contributed by atoms with Gasteiger partial charge in [-0.1, -0.05) is 44.1 Å². The summed E-state index contributed by atoms with van der Waals surface area (Å²) in [5.74, 6) is 0.912. The zero-order valence-electron chi connectivity index (χ0n) is 10.7. The number of rotatable bonds is 7. The SMILES string of the molecule is CCCCCOc1ccc(/C=C/C(C)O)cc1. The highest BCUT2D eigenvalue weighted by Gasteiger charge is 1.94. The molecule has 0 saturated heterocycles. The molecule has 1 aromatic rings. The molecule has 0 aliphatic heterocycles. The average molecular weight is 234 g/mol. The van der Waals surface area contributed by atoms with Gasteiger partial charge in [0.15, 0.2) is 0 Å². The van der Waals surface area contributed by atoms with Crippen LogP contribution in [0.2, 0.25) is 0 Å². The third-order valence-corrected chi connectivity index (χ3v) is 2.46. The van der Waals surface area contributed by atoms with Crippen molar-refractivity contribution >= 4 is 6.08 Å². The Kier molecular flexibility index (Phi) is 6.41. The van der Waals surface area contributed by atoms with E-state index in [1.165, 1.54) is 12.8 Å². The van der Waals surface area contributed by atoms with Crippen molar-refractivity contribution in [1.82, 2.24) is 0 Å². The zero-order chi connectivity index (χ0) is 12.5. The van der Waals surface area contributed by atoms with E-state index >= 15 is 0 Å². The normalized spacial score (nSPS) is 12.9. The quantitative estimate of drug-likeness (QED) is 0.730. The third-order valence-electron chi connectivity index (χ3n) is 2.46. The molecular formula is C15H22O2. The van der Waals surface area contributed by atoms with E-state index in [2.05, 4.69) is 6.92 Å². The minimum absolute atomic E-state index is 0.403. The first-order chi connectivity index (χ1) is 8.22. The number of hydrogen-bond acceptors (Lipinski definition) is 2. The molecule has 17 heavy (non-hydrogen) atoms. The number of benzene rings is 1. The molecule has 1 aromatic carbocycles. The maximum Gasteiger partial charge on any atom is 0.119 e. The molecule has 2 heteroatoms. The van der Waals surface area contributed by atoms with Gasteiger partial charge >= 0.3 is 0 Å². The second-order valence-electron chi connectivity index (χ2n) is 4.22. The van der Waals surface area contributed by atoms with Crippen LogP contribution in [-0.4, -0.2) is 17.8 Å². The number of aliphatic hydroxyl groups excluding tert-OH is 1. The first-order valence-corrected chi connectivity index (χ1v) is 6.31. The van der Waals surface area contributed by atoms with E-state index in [1.807, 2.05) is 30.3 Å². The van der Waals surface area contributed by atoms with Gasteiger partial charge in [-0.3, -0.25) is 0 Å². The van der Waals surface area contributed by atoms with E-state index in [9.17, 15) is 0 Å².